The van der Waals surface area contributed by atoms with Crippen molar-refractivity contribution < 1.29 is 9.53 Å². The second-order valence-corrected chi connectivity index (χ2v) is 8.22. The summed E-state index contributed by atoms with van der Waals surface area (Å²) in [6.07, 6.45) is 1.67. The fourth-order valence-corrected chi connectivity index (χ4v) is 3.94. The van der Waals surface area contributed by atoms with E-state index >= 15 is 0 Å². The van der Waals surface area contributed by atoms with Gasteiger partial charge in [-0.2, -0.15) is 0 Å². The Morgan fingerprint density at radius 1 is 1.11 bits per heavy atom. The molecule has 1 amide bonds. The lowest BCUT2D eigenvalue weighted by atomic mass is 9.95. The van der Waals surface area contributed by atoms with Gasteiger partial charge in [-0.05, 0) is 64.0 Å². The Hall–Kier alpha value is -1.75. The summed E-state index contributed by atoms with van der Waals surface area (Å²) in [7, 11) is 0. The highest BCUT2D eigenvalue weighted by Crippen LogP contribution is 2.29. The first-order valence-electron chi connectivity index (χ1n) is 9.66. The SMILES string of the molecule is CC(C)Oc1ccccc1NC(=O)C1CCN(Cc2c(Cl)cccc2Cl)CC1. The molecule has 0 atom stereocenters. The van der Waals surface area contributed by atoms with E-state index in [1.807, 2.05) is 56.3 Å². The number of nitrogens with one attached hydrogen (secondary N) is 1. The lowest BCUT2D eigenvalue weighted by molar-refractivity contribution is -0.121. The van der Waals surface area contributed by atoms with Crippen LogP contribution < -0.4 is 10.1 Å². The fraction of sp³-hybridized carbons (Fsp3) is 0.409. The molecule has 0 unspecified atom stereocenters. The smallest absolute Gasteiger partial charge is 0.227 e. The number of anilines is 1. The molecule has 1 N–H and O–H groups in total. The summed E-state index contributed by atoms with van der Waals surface area (Å²) in [6.45, 7) is 6.32. The lowest BCUT2D eigenvalue weighted by Gasteiger charge is -2.31. The highest BCUT2D eigenvalue weighted by Gasteiger charge is 2.26. The van der Waals surface area contributed by atoms with Gasteiger partial charge in [0.25, 0.3) is 0 Å². The number of likely N-dealkylation sites (tertiary alicyclic amines) is 1. The standard InChI is InChI=1S/C22H26Cl2N2O2/c1-15(2)28-21-9-4-3-8-20(21)25-22(27)16-10-12-26(13-11-16)14-17-18(23)6-5-7-19(17)24/h3-9,15-16H,10-14H2,1-2H3,(H,25,27). The van der Waals surface area contributed by atoms with Gasteiger partial charge >= 0.3 is 0 Å². The quantitative estimate of drug-likeness (QED) is 0.657. The number of carbonyl (C=O) groups excluding carboxylic acids is 1. The van der Waals surface area contributed by atoms with E-state index in [0.717, 1.165) is 37.2 Å². The van der Waals surface area contributed by atoms with Crippen molar-refractivity contribution in [3.8, 4) is 5.75 Å². The van der Waals surface area contributed by atoms with Crippen molar-refractivity contribution in [2.24, 2.45) is 5.92 Å². The van der Waals surface area contributed by atoms with Crippen LogP contribution in [-0.4, -0.2) is 30.0 Å². The largest absolute Gasteiger partial charge is 0.489 e. The Balaban J connectivity index is 1.56. The van der Waals surface area contributed by atoms with Crippen LogP contribution in [-0.2, 0) is 11.3 Å². The van der Waals surface area contributed by atoms with Gasteiger partial charge in [0.1, 0.15) is 5.75 Å². The van der Waals surface area contributed by atoms with Gasteiger partial charge in [0.15, 0.2) is 0 Å². The third-order valence-electron chi connectivity index (χ3n) is 4.91. The summed E-state index contributed by atoms with van der Waals surface area (Å²) in [5.41, 5.74) is 1.68. The fourth-order valence-electron chi connectivity index (χ4n) is 3.42. The van der Waals surface area contributed by atoms with Crippen molar-refractivity contribution in [3.05, 3.63) is 58.1 Å². The van der Waals surface area contributed by atoms with Gasteiger partial charge in [-0.25, -0.2) is 0 Å². The first-order chi connectivity index (χ1) is 13.4. The van der Waals surface area contributed by atoms with Gasteiger partial charge in [-0.15, -0.1) is 0 Å². The highest BCUT2D eigenvalue weighted by molar-refractivity contribution is 6.35. The van der Waals surface area contributed by atoms with Crippen LogP contribution in [0.25, 0.3) is 0 Å². The van der Waals surface area contributed by atoms with Gasteiger partial charge in [-0.3, -0.25) is 9.69 Å². The minimum atomic E-state index is -0.00919. The number of benzene rings is 2. The molecule has 1 fully saturated rings. The lowest BCUT2D eigenvalue weighted by Crippen LogP contribution is -2.37. The number of nitrogens with zero attached hydrogens (tertiary/aromatic N) is 1. The third-order valence-corrected chi connectivity index (χ3v) is 5.62. The maximum atomic E-state index is 12.8. The van der Waals surface area contributed by atoms with Crippen molar-refractivity contribution in [1.29, 1.82) is 0 Å². The Bertz CT molecular complexity index is 798. The van der Waals surface area contributed by atoms with Crippen LogP contribution in [0.5, 0.6) is 5.75 Å². The molecule has 0 aromatic heterocycles. The summed E-state index contributed by atoms with van der Waals surface area (Å²) in [5, 5.41) is 4.42. The molecule has 2 aromatic rings. The molecule has 3 rings (SSSR count). The van der Waals surface area contributed by atoms with E-state index in [4.69, 9.17) is 27.9 Å². The van der Waals surface area contributed by atoms with E-state index in [1.54, 1.807) is 0 Å². The van der Waals surface area contributed by atoms with E-state index in [1.165, 1.54) is 0 Å². The monoisotopic (exact) mass is 420 g/mol. The Kier molecular flexibility index (Phi) is 7.22. The van der Waals surface area contributed by atoms with Crippen molar-refractivity contribution in [3.63, 3.8) is 0 Å². The van der Waals surface area contributed by atoms with Crippen LogP contribution in [0.2, 0.25) is 10.0 Å². The molecule has 2 aromatic carbocycles. The summed E-state index contributed by atoms with van der Waals surface area (Å²) < 4.78 is 5.79. The Morgan fingerprint density at radius 2 is 1.75 bits per heavy atom. The van der Waals surface area contributed by atoms with Gasteiger partial charge < -0.3 is 10.1 Å². The Morgan fingerprint density at radius 3 is 2.39 bits per heavy atom. The van der Waals surface area contributed by atoms with E-state index in [9.17, 15) is 4.79 Å². The number of rotatable bonds is 6. The molecule has 0 spiro atoms. The Labute approximate surface area is 176 Å². The maximum Gasteiger partial charge on any atom is 0.227 e. The van der Waals surface area contributed by atoms with E-state index < -0.39 is 0 Å². The number of piperidine rings is 1. The van der Waals surface area contributed by atoms with Crippen LogP contribution in [0.4, 0.5) is 5.69 Å². The van der Waals surface area contributed by atoms with Crippen LogP contribution in [0.3, 0.4) is 0 Å². The van der Waals surface area contributed by atoms with Crippen LogP contribution >= 0.6 is 23.2 Å². The van der Waals surface area contributed by atoms with E-state index in [2.05, 4.69) is 10.2 Å². The zero-order valence-corrected chi connectivity index (χ0v) is 17.8. The van der Waals surface area contributed by atoms with Crippen LogP contribution in [0, 0.1) is 5.92 Å². The number of para-hydroxylation sites is 2. The molecule has 0 radical (unpaired) electrons. The van der Waals surface area contributed by atoms with Crippen LogP contribution in [0.15, 0.2) is 42.5 Å². The van der Waals surface area contributed by atoms with Gasteiger partial charge in [-0.1, -0.05) is 41.4 Å². The first kappa shape index (κ1) is 21.0. The number of ether oxygens (including phenoxy) is 1. The average molecular weight is 421 g/mol. The van der Waals surface area contributed by atoms with Gasteiger partial charge in [0.2, 0.25) is 5.91 Å². The molecule has 6 heteroatoms. The minimum Gasteiger partial charge on any atom is -0.489 e. The second-order valence-electron chi connectivity index (χ2n) is 7.40. The second kappa shape index (κ2) is 9.64. The predicted molar refractivity (Wildman–Crippen MR) is 115 cm³/mol. The number of amides is 1. The molecule has 28 heavy (non-hydrogen) atoms. The molecule has 1 saturated heterocycles. The summed E-state index contributed by atoms with van der Waals surface area (Å²) in [6, 6.07) is 13.1. The molecule has 1 heterocycles. The maximum absolute atomic E-state index is 12.8. The molecule has 1 aliphatic rings. The summed E-state index contributed by atoms with van der Waals surface area (Å²) in [4.78, 5) is 15.0. The van der Waals surface area contributed by atoms with Crippen molar-refractivity contribution in [1.82, 2.24) is 4.90 Å². The highest BCUT2D eigenvalue weighted by atomic mass is 35.5. The minimum absolute atomic E-state index is 0.00919. The molecule has 1 aliphatic heterocycles. The zero-order valence-electron chi connectivity index (χ0n) is 16.3. The molecule has 4 nitrogen and oxygen atoms in total. The van der Waals surface area contributed by atoms with Crippen molar-refractivity contribution in [2.45, 2.75) is 39.3 Å². The molecule has 150 valence electrons. The normalized spacial score (nSPS) is 15.6. The van der Waals surface area contributed by atoms with Crippen LogP contribution in [0.1, 0.15) is 32.3 Å². The number of carbonyl (C=O) groups is 1. The molecular weight excluding hydrogens is 395 g/mol. The number of hydrogen-bond acceptors (Lipinski definition) is 3. The number of halogens is 2. The van der Waals surface area contributed by atoms with Gasteiger partial charge in [0.05, 0.1) is 11.8 Å². The average Bonchev–Trinajstić information content (AvgIpc) is 2.66. The van der Waals surface area contributed by atoms with Crippen molar-refractivity contribution in [2.75, 3.05) is 18.4 Å². The third kappa shape index (κ3) is 5.40. The molecule has 0 aliphatic carbocycles. The summed E-state index contributed by atoms with van der Waals surface area (Å²) in [5.74, 6) is 0.747. The van der Waals surface area contributed by atoms with Crippen molar-refractivity contribution >= 4 is 34.8 Å². The van der Waals surface area contributed by atoms with E-state index in [-0.39, 0.29) is 17.9 Å². The first-order valence-corrected chi connectivity index (χ1v) is 10.4. The molecule has 0 saturated carbocycles. The van der Waals surface area contributed by atoms with E-state index in [0.29, 0.717) is 22.3 Å². The zero-order chi connectivity index (χ0) is 20.1. The topological polar surface area (TPSA) is 41.6 Å². The predicted octanol–water partition coefficient (Wildman–Crippen LogP) is 5.63. The number of hydrogen-bond donors (Lipinski definition) is 1. The molecule has 0 bridgehead atoms. The van der Waals surface area contributed by atoms with Gasteiger partial charge in [0, 0.05) is 28.1 Å². The summed E-state index contributed by atoms with van der Waals surface area (Å²) >= 11 is 12.6. The molecular formula is C22H26Cl2N2O2.